The van der Waals surface area contributed by atoms with Crippen LogP contribution >= 0.6 is 15.9 Å². The maximum absolute atomic E-state index is 13.3. The quantitative estimate of drug-likeness (QED) is 0.790. The van der Waals surface area contributed by atoms with Gasteiger partial charge in [-0.05, 0) is 44.8 Å². The molecule has 0 saturated heterocycles. The number of anilines is 1. The Balaban J connectivity index is 2.19. The molecule has 0 bridgehead atoms. The van der Waals surface area contributed by atoms with Crippen LogP contribution in [0.1, 0.15) is 27.7 Å². The highest BCUT2D eigenvalue weighted by Gasteiger charge is 2.64. The molecule has 4 nitrogen and oxygen atoms in total. The Bertz CT molecular complexity index is 672. The van der Waals surface area contributed by atoms with Gasteiger partial charge in [-0.1, -0.05) is 27.7 Å². The maximum atomic E-state index is 13.3. The fraction of sp³-hybridized carbons (Fsp3) is 0.571. The van der Waals surface area contributed by atoms with Crippen LogP contribution in [0.2, 0.25) is 0 Å². The smallest absolute Gasteiger partial charge is 0.241 e. The Morgan fingerprint density at radius 3 is 2.29 bits per heavy atom. The van der Waals surface area contributed by atoms with Crippen LogP contribution in [0.4, 0.5) is 10.1 Å². The molecule has 118 valence electrons. The SMILES string of the molecule is CC1(C)C(CNS(=O)(=O)c2cc(N)c(F)cc2Br)C1(C)C. The molecule has 0 atom stereocenters. The molecule has 0 aromatic heterocycles. The number of nitrogens with one attached hydrogen (secondary N) is 1. The van der Waals surface area contributed by atoms with Crippen molar-refractivity contribution in [2.24, 2.45) is 16.7 Å². The van der Waals surface area contributed by atoms with E-state index in [1.54, 1.807) is 0 Å². The summed E-state index contributed by atoms with van der Waals surface area (Å²) in [5, 5.41) is 0. The Morgan fingerprint density at radius 2 is 1.81 bits per heavy atom. The second kappa shape index (κ2) is 4.93. The normalized spacial score (nSPS) is 20.5. The van der Waals surface area contributed by atoms with Crippen LogP contribution < -0.4 is 10.5 Å². The van der Waals surface area contributed by atoms with Gasteiger partial charge in [0.15, 0.2) is 0 Å². The van der Waals surface area contributed by atoms with Gasteiger partial charge in [-0.3, -0.25) is 0 Å². The number of benzene rings is 1. The molecule has 1 aliphatic carbocycles. The van der Waals surface area contributed by atoms with Gasteiger partial charge in [-0.15, -0.1) is 0 Å². The molecule has 3 N–H and O–H groups in total. The zero-order valence-electron chi connectivity index (χ0n) is 12.5. The van der Waals surface area contributed by atoms with Crippen molar-refractivity contribution in [3.63, 3.8) is 0 Å². The summed E-state index contributed by atoms with van der Waals surface area (Å²) >= 11 is 3.07. The minimum atomic E-state index is -3.73. The first-order valence-electron chi connectivity index (χ1n) is 6.65. The van der Waals surface area contributed by atoms with Crippen molar-refractivity contribution < 1.29 is 12.8 Å². The zero-order chi connectivity index (χ0) is 16.2. The fourth-order valence-corrected chi connectivity index (χ4v) is 4.96. The van der Waals surface area contributed by atoms with E-state index < -0.39 is 15.8 Å². The lowest BCUT2D eigenvalue weighted by Gasteiger charge is -2.10. The molecule has 0 amide bonds. The summed E-state index contributed by atoms with van der Waals surface area (Å²) in [5.41, 5.74) is 5.45. The van der Waals surface area contributed by atoms with E-state index in [1.165, 1.54) is 0 Å². The third kappa shape index (κ3) is 2.71. The number of hydrogen-bond acceptors (Lipinski definition) is 3. The van der Waals surface area contributed by atoms with Crippen molar-refractivity contribution in [3.05, 3.63) is 22.4 Å². The van der Waals surface area contributed by atoms with E-state index >= 15 is 0 Å². The Hall–Kier alpha value is -0.660. The lowest BCUT2D eigenvalue weighted by atomic mass is 10.0. The number of rotatable bonds is 4. The van der Waals surface area contributed by atoms with Gasteiger partial charge in [0.25, 0.3) is 0 Å². The summed E-state index contributed by atoms with van der Waals surface area (Å²) < 4.78 is 40.8. The second-order valence-electron chi connectivity index (χ2n) is 6.65. The van der Waals surface area contributed by atoms with E-state index in [1.807, 2.05) is 0 Å². The Kier molecular flexibility index (Phi) is 3.92. The minimum Gasteiger partial charge on any atom is -0.396 e. The maximum Gasteiger partial charge on any atom is 0.241 e. The van der Waals surface area contributed by atoms with Gasteiger partial charge in [-0.25, -0.2) is 17.5 Å². The number of halogens is 2. The third-order valence-corrected chi connectivity index (χ3v) is 7.52. The summed E-state index contributed by atoms with van der Waals surface area (Å²) in [4.78, 5) is -0.0438. The average Bonchev–Trinajstić information content (AvgIpc) is 2.71. The van der Waals surface area contributed by atoms with Crippen molar-refractivity contribution in [1.82, 2.24) is 4.72 Å². The molecule has 0 aliphatic heterocycles. The van der Waals surface area contributed by atoms with Crippen molar-refractivity contribution in [1.29, 1.82) is 0 Å². The summed E-state index contributed by atoms with van der Waals surface area (Å²) in [6.45, 7) is 8.84. The lowest BCUT2D eigenvalue weighted by Crippen LogP contribution is -2.27. The number of nitrogen functional groups attached to an aromatic ring is 1. The van der Waals surface area contributed by atoms with Crippen molar-refractivity contribution in [2.75, 3.05) is 12.3 Å². The van der Waals surface area contributed by atoms with Crippen LogP contribution in [0.25, 0.3) is 0 Å². The van der Waals surface area contributed by atoms with Gasteiger partial charge in [0.1, 0.15) is 5.82 Å². The predicted octanol–water partition coefficient (Wildman–Crippen LogP) is 3.13. The van der Waals surface area contributed by atoms with Gasteiger partial charge in [-0.2, -0.15) is 0 Å². The first-order chi connectivity index (χ1) is 9.41. The molecule has 0 spiro atoms. The van der Waals surface area contributed by atoms with E-state index in [9.17, 15) is 12.8 Å². The van der Waals surface area contributed by atoms with Crippen LogP contribution in [0.3, 0.4) is 0 Å². The van der Waals surface area contributed by atoms with Gasteiger partial charge < -0.3 is 5.73 Å². The van der Waals surface area contributed by atoms with E-state index in [2.05, 4.69) is 48.3 Å². The van der Waals surface area contributed by atoms with E-state index in [4.69, 9.17) is 5.73 Å². The molecule has 0 heterocycles. The Labute approximate surface area is 133 Å². The van der Waals surface area contributed by atoms with Crippen LogP contribution in [-0.2, 0) is 10.0 Å². The van der Waals surface area contributed by atoms with Crippen LogP contribution in [0, 0.1) is 22.6 Å². The number of hydrogen-bond donors (Lipinski definition) is 2. The minimum absolute atomic E-state index is 0.0438. The Morgan fingerprint density at radius 1 is 1.29 bits per heavy atom. The molecule has 7 heteroatoms. The topological polar surface area (TPSA) is 72.2 Å². The highest BCUT2D eigenvalue weighted by Crippen LogP contribution is 2.68. The molecule has 21 heavy (non-hydrogen) atoms. The zero-order valence-corrected chi connectivity index (χ0v) is 14.9. The van der Waals surface area contributed by atoms with Crippen LogP contribution in [0.15, 0.2) is 21.5 Å². The number of nitrogens with two attached hydrogens (primary N) is 1. The van der Waals surface area contributed by atoms with Crippen LogP contribution in [-0.4, -0.2) is 15.0 Å². The van der Waals surface area contributed by atoms with E-state index in [0.717, 1.165) is 12.1 Å². The van der Waals surface area contributed by atoms with E-state index in [-0.39, 0.29) is 31.8 Å². The first kappa shape index (κ1) is 16.7. The molecule has 1 saturated carbocycles. The molecule has 1 aliphatic rings. The summed E-state index contributed by atoms with van der Waals surface area (Å²) in [5.74, 6) is -0.387. The molecule has 1 aromatic rings. The summed E-state index contributed by atoms with van der Waals surface area (Å²) in [6.07, 6.45) is 0. The molecule has 0 radical (unpaired) electrons. The molecular weight excluding hydrogens is 359 g/mol. The standard InChI is InChI=1S/C14H20BrFN2O2S/c1-13(2)12(14(13,3)4)7-18-21(19,20)11-6-10(17)9(16)5-8(11)15/h5-6,12,18H,7,17H2,1-4H3. The van der Waals surface area contributed by atoms with Gasteiger partial charge >= 0.3 is 0 Å². The fourth-order valence-electron chi connectivity index (χ4n) is 2.87. The first-order valence-corrected chi connectivity index (χ1v) is 8.93. The second-order valence-corrected chi connectivity index (χ2v) is 9.24. The highest BCUT2D eigenvalue weighted by atomic mass is 79.9. The molecule has 2 rings (SSSR count). The van der Waals surface area contributed by atoms with Gasteiger partial charge in [0.2, 0.25) is 10.0 Å². The van der Waals surface area contributed by atoms with Crippen molar-refractivity contribution in [3.8, 4) is 0 Å². The van der Waals surface area contributed by atoms with Crippen molar-refractivity contribution >= 4 is 31.6 Å². The van der Waals surface area contributed by atoms with Crippen molar-refractivity contribution in [2.45, 2.75) is 32.6 Å². The monoisotopic (exact) mass is 378 g/mol. The summed E-state index contributed by atoms with van der Waals surface area (Å²) in [7, 11) is -3.73. The van der Waals surface area contributed by atoms with Crippen LogP contribution in [0.5, 0.6) is 0 Å². The average molecular weight is 379 g/mol. The predicted molar refractivity (Wildman–Crippen MR) is 84.8 cm³/mol. The summed E-state index contributed by atoms with van der Waals surface area (Å²) in [6, 6.07) is 2.19. The molecule has 1 aromatic carbocycles. The highest BCUT2D eigenvalue weighted by molar-refractivity contribution is 9.10. The molecular formula is C14H20BrFN2O2S. The van der Waals surface area contributed by atoms with Gasteiger partial charge in [0.05, 0.1) is 10.6 Å². The molecule has 1 fully saturated rings. The lowest BCUT2D eigenvalue weighted by molar-refractivity contribution is 0.457. The third-order valence-electron chi connectivity index (χ3n) is 5.14. The molecule has 0 unspecified atom stereocenters. The number of sulfonamides is 1. The largest absolute Gasteiger partial charge is 0.396 e. The van der Waals surface area contributed by atoms with E-state index in [0.29, 0.717) is 6.54 Å². The van der Waals surface area contributed by atoms with Gasteiger partial charge in [0, 0.05) is 11.0 Å².